The van der Waals surface area contributed by atoms with E-state index in [1.54, 1.807) is 0 Å². The van der Waals surface area contributed by atoms with Crippen molar-refractivity contribution in [2.24, 2.45) is 5.41 Å². The summed E-state index contributed by atoms with van der Waals surface area (Å²) in [5.41, 5.74) is 4.81. The van der Waals surface area contributed by atoms with E-state index in [1.807, 2.05) is 0 Å². The van der Waals surface area contributed by atoms with Crippen LogP contribution in [0.3, 0.4) is 0 Å². The summed E-state index contributed by atoms with van der Waals surface area (Å²) >= 11 is 0. The molecule has 0 heterocycles. The standard InChI is InChI=1S/C18H31N/c1-7-14-10-11-16(12-15(14)8-2)17(19-9-3)13-18(4,5)6/h10-12,17,19H,7-9,13H2,1-6H3. The summed E-state index contributed by atoms with van der Waals surface area (Å²) in [6.07, 6.45) is 3.44. The fourth-order valence-corrected chi connectivity index (χ4v) is 2.70. The number of hydrogen-bond donors (Lipinski definition) is 1. The molecule has 0 fully saturated rings. The Morgan fingerprint density at radius 2 is 1.63 bits per heavy atom. The largest absolute Gasteiger partial charge is 0.310 e. The summed E-state index contributed by atoms with van der Waals surface area (Å²) in [6, 6.07) is 7.53. The normalized spacial score (nSPS) is 13.6. The van der Waals surface area contributed by atoms with Crippen LogP contribution in [0.5, 0.6) is 0 Å². The Hall–Kier alpha value is -0.820. The van der Waals surface area contributed by atoms with E-state index in [0.29, 0.717) is 11.5 Å². The first kappa shape index (κ1) is 16.2. The highest BCUT2D eigenvalue weighted by atomic mass is 14.9. The number of aryl methyl sites for hydroxylation is 2. The summed E-state index contributed by atoms with van der Waals surface area (Å²) in [4.78, 5) is 0. The van der Waals surface area contributed by atoms with Gasteiger partial charge in [-0.3, -0.25) is 0 Å². The number of benzene rings is 1. The molecule has 0 saturated carbocycles. The molecular formula is C18H31N. The van der Waals surface area contributed by atoms with E-state index in [9.17, 15) is 0 Å². The van der Waals surface area contributed by atoms with Crippen LogP contribution in [0.1, 0.15) is 70.7 Å². The molecule has 1 aromatic rings. The summed E-state index contributed by atoms with van der Waals surface area (Å²) < 4.78 is 0. The lowest BCUT2D eigenvalue weighted by Crippen LogP contribution is -2.25. The molecule has 1 aromatic carbocycles. The van der Waals surface area contributed by atoms with Gasteiger partial charge in [0.25, 0.3) is 0 Å². The van der Waals surface area contributed by atoms with Crippen LogP contribution in [-0.4, -0.2) is 6.54 Å². The van der Waals surface area contributed by atoms with Crippen molar-refractivity contribution in [3.8, 4) is 0 Å². The molecule has 0 aliphatic rings. The van der Waals surface area contributed by atoms with Gasteiger partial charge in [0.15, 0.2) is 0 Å². The van der Waals surface area contributed by atoms with Gasteiger partial charge in [0.2, 0.25) is 0 Å². The van der Waals surface area contributed by atoms with Gasteiger partial charge in [-0.2, -0.15) is 0 Å². The topological polar surface area (TPSA) is 12.0 Å². The average molecular weight is 261 g/mol. The Bertz CT molecular complexity index is 387. The molecule has 1 rings (SSSR count). The zero-order valence-electron chi connectivity index (χ0n) is 13.6. The van der Waals surface area contributed by atoms with E-state index in [-0.39, 0.29) is 0 Å². The van der Waals surface area contributed by atoms with E-state index >= 15 is 0 Å². The molecule has 0 aliphatic carbocycles. The van der Waals surface area contributed by atoms with E-state index in [2.05, 4.69) is 65.1 Å². The third-order valence-corrected chi connectivity index (χ3v) is 3.66. The van der Waals surface area contributed by atoms with Gasteiger partial charge < -0.3 is 5.32 Å². The SMILES string of the molecule is CCNC(CC(C)(C)C)c1ccc(CC)c(CC)c1. The van der Waals surface area contributed by atoms with Gasteiger partial charge in [0.1, 0.15) is 0 Å². The fraction of sp³-hybridized carbons (Fsp3) is 0.667. The Morgan fingerprint density at radius 1 is 1.00 bits per heavy atom. The van der Waals surface area contributed by atoms with Gasteiger partial charge in [-0.15, -0.1) is 0 Å². The maximum atomic E-state index is 3.64. The average Bonchev–Trinajstić information content (AvgIpc) is 2.36. The molecule has 1 nitrogen and oxygen atoms in total. The van der Waals surface area contributed by atoms with Crippen LogP contribution in [0.2, 0.25) is 0 Å². The van der Waals surface area contributed by atoms with Crippen LogP contribution in [0, 0.1) is 5.41 Å². The zero-order chi connectivity index (χ0) is 14.5. The van der Waals surface area contributed by atoms with Crippen molar-refractivity contribution < 1.29 is 0 Å². The second kappa shape index (κ2) is 7.09. The predicted molar refractivity (Wildman–Crippen MR) is 85.7 cm³/mol. The van der Waals surface area contributed by atoms with Crippen LogP contribution in [0.25, 0.3) is 0 Å². The van der Waals surface area contributed by atoms with Crippen molar-refractivity contribution in [3.63, 3.8) is 0 Å². The van der Waals surface area contributed by atoms with Gasteiger partial charge >= 0.3 is 0 Å². The van der Waals surface area contributed by atoms with Crippen LogP contribution in [0.4, 0.5) is 0 Å². The third kappa shape index (κ3) is 4.99. The second-order valence-electron chi connectivity index (χ2n) is 6.61. The number of hydrogen-bond acceptors (Lipinski definition) is 1. The molecule has 0 spiro atoms. The number of rotatable bonds is 6. The first-order chi connectivity index (χ1) is 8.91. The molecule has 1 heteroatoms. The minimum absolute atomic E-state index is 0.350. The first-order valence-electron chi connectivity index (χ1n) is 7.76. The molecule has 19 heavy (non-hydrogen) atoms. The first-order valence-corrected chi connectivity index (χ1v) is 7.76. The highest BCUT2D eigenvalue weighted by Crippen LogP contribution is 2.30. The van der Waals surface area contributed by atoms with E-state index in [4.69, 9.17) is 0 Å². The smallest absolute Gasteiger partial charge is 0.0325 e. The van der Waals surface area contributed by atoms with Crippen LogP contribution < -0.4 is 5.32 Å². The van der Waals surface area contributed by atoms with Crippen molar-refractivity contribution in [3.05, 3.63) is 34.9 Å². The lowest BCUT2D eigenvalue weighted by Gasteiger charge is -2.27. The van der Waals surface area contributed by atoms with Crippen molar-refractivity contribution in [1.82, 2.24) is 5.32 Å². The molecule has 0 aromatic heterocycles. The molecule has 0 radical (unpaired) electrons. The van der Waals surface area contributed by atoms with Crippen LogP contribution >= 0.6 is 0 Å². The third-order valence-electron chi connectivity index (χ3n) is 3.66. The highest BCUT2D eigenvalue weighted by Gasteiger charge is 2.20. The molecule has 1 unspecified atom stereocenters. The Labute approximate surface area is 119 Å². The van der Waals surface area contributed by atoms with Gasteiger partial charge in [-0.05, 0) is 47.9 Å². The summed E-state index contributed by atoms with van der Waals surface area (Å²) in [5.74, 6) is 0. The molecular weight excluding hydrogens is 230 g/mol. The summed E-state index contributed by atoms with van der Waals surface area (Å²) in [6.45, 7) is 14.7. The number of nitrogens with one attached hydrogen (secondary N) is 1. The molecule has 0 aliphatic heterocycles. The molecule has 0 bridgehead atoms. The summed E-state index contributed by atoms with van der Waals surface area (Å²) in [5, 5.41) is 3.64. The Kier molecular flexibility index (Phi) is 6.06. The molecule has 0 amide bonds. The van der Waals surface area contributed by atoms with Crippen molar-refractivity contribution >= 4 is 0 Å². The minimum Gasteiger partial charge on any atom is -0.310 e. The monoisotopic (exact) mass is 261 g/mol. The minimum atomic E-state index is 0.350. The van der Waals surface area contributed by atoms with Crippen molar-refractivity contribution in [1.29, 1.82) is 0 Å². The van der Waals surface area contributed by atoms with Crippen molar-refractivity contribution in [2.45, 2.75) is 66.8 Å². The maximum absolute atomic E-state index is 3.64. The van der Waals surface area contributed by atoms with Crippen LogP contribution in [-0.2, 0) is 12.8 Å². The quantitative estimate of drug-likeness (QED) is 0.768. The van der Waals surface area contributed by atoms with Crippen molar-refractivity contribution in [2.75, 3.05) is 6.54 Å². The molecule has 1 atom stereocenters. The van der Waals surface area contributed by atoms with E-state index < -0.39 is 0 Å². The molecule has 1 N–H and O–H groups in total. The highest BCUT2D eigenvalue weighted by molar-refractivity contribution is 5.34. The van der Waals surface area contributed by atoms with E-state index in [0.717, 1.165) is 19.4 Å². The lowest BCUT2D eigenvalue weighted by molar-refractivity contribution is 0.314. The predicted octanol–water partition coefficient (Wildman–Crippen LogP) is 4.90. The van der Waals surface area contributed by atoms with Gasteiger partial charge in [0.05, 0.1) is 0 Å². The van der Waals surface area contributed by atoms with Crippen LogP contribution in [0.15, 0.2) is 18.2 Å². The maximum Gasteiger partial charge on any atom is 0.0325 e. The van der Waals surface area contributed by atoms with Gasteiger partial charge in [0, 0.05) is 6.04 Å². The lowest BCUT2D eigenvalue weighted by atomic mass is 9.84. The van der Waals surface area contributed by atoms with E-state index in [1.165, 1.54) is 23.1 Å². The fourth-order valence-electron chi connectivity index (χ4n) is 2.70. The zero-order valence-corrected chi connectivity index (χ0v) is 13.6. The molecule has 0 saturated heterocycles. The molecule has 108 valence electrons. The second-order valence-corrected chi connectivity index (χ2v) is 6.61. The van der Waals surface area contributed by atoms with Gasteiger partial charge in [-0.25, -0.2) is 0 Å². The van der Waals surface area contributed by atoms with Gasteiger partial charge in [-0.1, -0.05) is 59.7 Å². The Morgan fingerprint density at radius 3 is 2.11 bits per heavy atom. The summed E-state index contributed by atoms with van der Waals surface area (Å²) in [7, 11) is 0. The Balaban J connectivity index is 3.02.